The minimum absolute atomic E-state index is 0.0361. The molecule has 0 N–H and O–H groups in total. The van der Waals surface area contributed by atoms with E-state index in [-0.39, 0.29) is 42.4 Å². The zero-order chi connectivity index (χ0) is 32.3. The molecule has 0 bridgehead atoms. The topological polar surface area (TPSA) is 114 Å². The Hall–Kier alpha value is -4.92. The Morgan fingerprint density at radius 3 is 1.82 bits per heavy atom. The maximum Gasteiger partial charge on any atom is 0.513 e. The van der Waals surface area contributed by atoms with Gasteiger partial charge in [0.05, 0.1) is 11.1 Å². The van der Waals surface area contributed by atoms with Crippen LogP contribution >= 0.6 is 0 Å². The number of rotatable bonds is 11. The van der Waals surface area contributed by atoms with Crippen molar-refractivity contribution in [3.05, 3.63) is 96.1 Å². The standard InChI is InChI=1S/C36H38O9/c1-5-25-7-6-24(4)22-32(25)45-35(39)29-14-10-27(11-15-29)26-8-12-28(13-9-26)34(38)43-30-16-18-31(19-17-30)44-36(40)42-21-20-41-33(37)23(2)3/h8-19,24-25,32H,2,5-7,20-22H2,1,3-4H3. The van der Waals surface area contributed by atoms with Gasteiger partial charge in [-0.15, -0.1) is 0 Å². The molecule has 45 heavy (non-hydrogen) atoms. The van der Waals surface area contributed by atoms with Crippen LogP contribution < -0.4 is 9.47 Å². The zero-order valence-electron chi connectivity index (χ0n) is 25.8. The van der Waals surface area contributed by atoms with Crippen molar-refractivity contribution in [3.63, 3.8) is 0 Å². The Kier molecular flexibility index (Phi) is 11.5. The second-order valence-corrected chi connectivity index (χ2v) is 11.2. The van der Waals surface area contributed by atoms with E-state index in [2.05, 4.69) is 20.4 Å². The summed E-state index contributed by atoms with van der Waals surface area (Å²) in [6.45, 7) is 9.02. The first-order chi connectivity index (χ1) is 21.6. The van der Waals surface area contributed by atoms with Crippen LogP contribution in [0.3, 0.4) is 0 Å². The number of ether oxygens (including phenoxy) is 5. The van der Waals surface area contributed by atoms with Gasteiger partial charge in [0.2, 0.25) is 0 Å². The van der Waals surface area contributed by atoms with Gasteiger partial charge >= 0.3 is 24.1 Å². The first-order valence-corrected chi connectivity index (χ1v) is 15.0. The van der Waals surface area contributed by atoms with Gasteiger partial charge in [-0.3, -0.25) is 0 Å². The van der Waals surface area contributed by atoms with Crippen molar-refractivity contribution < 1.29 is 42.9 Å². The summed E-state index contributed by atoms with van der Waals surface area (Å²) in [6.07, 6.45) is 3.18. The van der Waals surface area contributed by atoms with Crippen molar-refractivity contribution in [2.45, 2.75) is 52.6 Å². The fourth-order valence-electron chi connectivity index (χ4n) is 5.06. The van der Waals surface area contributed by atoms with Crippen molar-refractivity contribution in [1.29, 1.82) is 0 Å². The van der Waals surface area contributed by atoms with Crippen LogP contribution in [0, 0.1) is 11.8 Å². The molecule has 236 valence electrons. The third-order valence-electron chi connectivity index (χ3n) is 7.67. The maximum absolute atomic E-state index is 12.8. The first kappa shape index (κ1) is 33.0. The lowest BCUT2D eigenvalue weighted by Crippen LogP contribution is -2.32. The Labute approximate surface area is 263 Å². The molecule has 3 aromatic rings. The van der Waals surface area contributed by atoms with Gasteiger partial charge in [0.15, 0.2) is 0 Å². The van der Waals surface area contributed by atoms with Crippen LogP contribution in [0.15, 0.2) is 84.9 Å². The number of benzene rings is 3. The van der Waals surface area contributed by atoms with Gasteiger partial charge in [-0.05, 0) is 97.7 Å². The summed E-state index contributed by atoms with van der Waals surface area (Å²) in [4.78, 5) is 48.6. The molecule has 1 aliphatic carbocycles. The normalized spacial score (nSPS) is 17.4. The summed E-state index contributed by atoms with van der Waals surface area (Å²) < 4.78 is 26.1. The SMILES string of the molecule is C=C(C)C(=O)OCCOC(=O)Oc1ccc(OC(=O)c2ccc(-c3ccc(C(=O)OC4CC(C)CCC4CC)cc3)cc2)cc1. The zero-order valence-corrected chi connectivity index (χ0v) is 25.8. The van der Waals surface area contributed by atoms with E-state index in [9.17, 15) is 19.2 Å². The van der Waals surface area contributed by atoms with Crippen LogP contribution in [0.5, 0.6) is 11.5 Å². The largest absolute Gasteiger partial charge is 0.513 e. The summed E-state index contributed by atoms with van der Waals surface area (Å²) in [5.74, 6) is -0.0198. The highest BCUT2D eigenvalue weighted by Gasteiger charge is 2.30. The van der Waals surface area contributed by atoms with Gasteiger partial charge in [0, 0.05) is 5.57 Å². The molecule has 0 radical (unpaired) electrons. The van der Waals surface area contributed by atoms with Crippen LogP contribution in [0.1, 0.15) is 67.2 Å². The summed E-state index contributed by atoms with van der Waals surface area (Å²) in [6, 6.07) is 20.1. The quantitative estimate of drug-likeness (QED) is 0.0538. The van der Waals surface area contributed by atoms with Gasteiger partial charge in [0.25, 0.3) is 0 Å². The average Bonchev–Trinajstić information content (AvgIpc) is 3.04. The first-order valence-electron chi connectivity index (χ1n) is 15.0. The molecule has 3 aromatic carbocycles. The smallest absolute Gasteiger partial charge is 0.459 e. The highest BCUT2D eigenvalue weighted by molar-refractivity contribution is 5.92. The minimum Gasteiger partial charge on any atom is -0.459 e. The van der Waals surface area contributed by atoms with E-state index in [1.807, 2.05) is 12.1 Å². The second-order valence-electron chi connectivity index (χ2n) is 11.2. The van der Waals surface area contributed by atoms with Crippen molar-refractivity contribution in [1.82, 2.24) is 0 Å². The number of hydrogen-bond acceptors (Lipinski definition) is 9. The number of carbonyl (C=O) groups is 4. The average molecular weight is 615 g/mol. The Balaban J connectivity index is 1.25. The molecule has 4 rings (SSSR count). The lowest BCUT2D eigenvalue weighted by atomic mass is 9.79. The summed E-state index contributed by atoms with van der Waals surface area (Å²) >= 11 is 0. The summed E-state index contributed by atoms with van der Waals surface area (Å²) in [7, 11) is 0. The molecule has 0 aromatic heterocycles. The van der Waals surface area contributed by atoms with E-state index in [1.165, 1.54) is 37.6 Å². The Bertz CT molecular complexity index is 1490. The monoisotopic (exact) mass is 614 g/mol. The number of carbonyl (C=O) groups excluding carboxylic acids is 4. The number of esters is 3. The molecular formula is C36H38O9. The van der Waals surface area contributed by atoms with E-state index in [1.54, 1.807) is 36.4 Å². The van der Waals surface area contributed by atoms with Crippen molar-refractivity contribution >= 4 is 24.1 Å². The minimum atomic E-state index is -0.972. The molecule has 0 spiro atoms. The lowest BCUT2D eigenvalue weighted by Gasteiger charge is -2.33. The van der Waals surface area contributed by atoms with Crippen molar-refractivity contribution in [2.24, 2.45) is 11.8 Å². The molecule has 0 aliphatic heterocycles. The third kappa shape index (κ3) is 9.53. The molecule has 3 unspecified atom stereocenters. The number of hydrogen-bond donors (Lipinski definition) is 0. The fraction of sp³-hybridized carbons (Fsp3) is 0.333. The van der Waals surface area contributed by atoms with Gasteiger partial charge in [-0.25, -0.2) is 19.2 Å². The predicted octanol–water partition coefficient (Wildman–Crippen LogP) is 7.58. The van der Waals surface area contributed by atoms with E-state index in [4.69, 9.17) is 23.7 Å². The molecule has 9 nitrogen and oxygen atoms in total. The van der Waals surface area contributed by atoms with Gasteiger partial charge in [-0.1, -0.05) is 51.1 Å². The highest BCUT2D eigenvalue weighted by atomic mass is 16.7. The highest BCUT2D eigenvalue weighted by Crippen LogP contribution is 2.33. The van der Waals surface area contributed by atoms with Crippen LogP contribution in [-0.2, 0) is 19.0 Å². The van der Waals surface area contributed by atoms with Crippen LogP contribution in [0.4, 0.5) is 4.79 Å². The van der Waals surface area contributed by atoms with Gasteiger partial charge in [-0.2, -0.15) is 0 Å². The molecule has 1 aliphatic rings. The van der Waals surface area contributed by atoms with Gasteiger partial charge < -0.3 is 23.7 Å². The third-order valence-corrected chi connectivity index (χ3v) is 7.67. The van der Waals surface area contributed by atoms with Crippen LogP contribution in [-0.4, -0.2) is 43.4 Å². The molecule has 0 heterocycles. The van der Waals surface area contributed by atoms with Crippen LogP contribution in [0.2, 0.25) is 0 Å². The van der Waals surface area contributed by atoms with Crippen molar-refractivity contribution in [3.8, 4) is 22.6 Å². The van der Waals surface area contributed by atoms with E-state index in [0.29, 0.717) is 23.0 Å². The summed E-state index contributed by atoms with van der Waals surface area (Å²) in [5, 5.41) is 0. The Morgan fingerprint density at radius 1 is 0.733 bits per heavy atom. The summed E-state index contributed by atoms with van der Waals surface area (Å²) in [5.41, 5.74) is 2.88. The van der Waals surface area contributed by atoms with Crippen molar-refractivity contribution in [2.75, 3.05) is 13.2 Å². The predicted molar refractivity (Wildman–Crippen MR) is 167 cm³/mol. The fourth-order valence-corrected chi connectivity index (χ4v) is 5.06. The van der Waals surface area contributed by atoms with Crippen LogP contribution in [0.25, 0.3) is 11.1 Å². The molecular weight excluding hydrogens is 576 g/mol. The molecule has 1 saturated carbocycles. The van der Waals surface area contributed by atoms with E-state index < -0.39 is 18.1 Å². The van der Waals surface area contributed by atoms with E-state index in [0.717, 1.165) is 30.4 Å². The molecule has 0 amide bonds. The molecule has 3 atom stereocenters. The lowest BCUT2D eigenvalue weighted by molar-refractivity contribution is -0.140. The molecule has 0 saturated heterocycles. The maximum atomic E-state index is 12.8. The molecule has 9 heteroatoms. The van der Waals surface area contributed by atoms with E-state index >= 15 is 0 Å². The van der Waals surface area contributed by atoms with Gasteiger partial charge in [0.1, 0.15) is 30.8 Å². The molecule has 1 fully saturated rings. The second kappa shape index (κ2) is 15.7. The Morgan fingerprint density at radius 2 is 1.27 bits per heavy atom.